The van der Waals surface area contributed by atoms with Crippen molar-refractivity contribution in [3.05, 3.63) is 95.6 Å². The van der Waals surface area contributed by atoms with E-state index in [2.05, 4.69) is 0 Å². The lowest BCUT2D eigenvalue weighted by Crippen LogP contribution is -2.33. The lowest BCUT2D eigenvalue weighted by Gasteiger charge is -2.33. The molecule has 0 unspecified atom stereocenters. The summed E-state index contributed by atoms with van der Waals surface area (Å²) < 4.78 is 17.5. The maximum Gasteiger partial charge on any atom is 0.123 e. The molecular formula is C25H26O4. The SMILES string of the molecule is OC1(c2cc(OCc3ccccc3)cc(OCc3ccccc3)c2)CCOCC1. The molecule has 3 aromatic rings. The molecule has 0 radical (unpaired) electrons. The Morgan fingerprint density at radius 2 is 1.21 bits per heavy atom. The van der Waals surface area contributed by atoms with Gasteiger partial charge < -0.3 is 19.3 Å². The molecule has 0 atom stereocenters. The molecule has 0 amide bonds. The number of aliphatic hydroxyl groups is 1. The van der Waals surface area contributed by atoms with Crippen LogP contribution in [0, 0.1) is 0 Å². The molecule has 4 heteroatoms. The zero-order valence-corrected chi connectivity index (χ0v) is 16.4. The smallest absolute Gasteiger partial charge is 0.123 e. The summed E-state index contributed by atoms with van der Waals surface area (Å²) in [5, 5.41) is 11.2. The second-order valence-electron chi connectivity index (χ2n) is 7.39. The van der Waals surface area contributed by atoms with E-state index >= 15 is 0 Å². The highest BCUT2D eigenvalue weighted by molar-refractivity contribution is 5.41. The van der Waals surface area contributed by atoms with E-state index in [1.165, 1.54) is 0 Å². The molecule has 1 heterocycles. The molecule has 1 saturated heterocycles. The van der Waals surface area contributed by atoms with E-state index in [1.807, 2.05) is 78.9 Å². The molecule has 0 saturated carbocycles. The highest BCUT2D eigenvalue weighted by atomic mass is 16.5. The highest BCUT2D eigenvalue weighted by Crippen LogP contribution is 2.36. The Labute approximate surface area is 171 Å². The van der Waals surface area contributed by atoms with Gasteiger partial charge in [0.05, 0.1) is 5.60 Å². The van der Waals surface area contributed by atoms with Gasteiger partial charge in [-0.05, 0) is 28.8 Å². The summed E-state index contributed by atoms with van der Waals surface area (Å²) in [5.41, 5.74) is 2.08. The monoisotopic (exact) mass is 390 g/mol. The second-order valence-corrected chi connectivity index (χ2v) is 7.39. The standard InChI is InChI=1S/C25H26O4/c26-25(11-13-27-14-12-25)22-15-23(28-18-20-7-3-1-4-8-20)17-24(16-22)29-19-21-9-5-2-6-10-21/h1-10,15-17,26H,11-14,18-19H2. The molecule has 0 bridgehead atoms. The summed E-state index contributed by atoms with van der Waals surface area (Å²) in [6.07, 6.45) is 1.13. The molecule has 1 aliphatic heterocycles. The summed E-state index contributed by atoms with van der Waals surface area (Å²) in [7, 11) is 0. The van der Waals surface area contributed by atoms with Crippen LogP contribution in [0.3, 0.4) is 0 Å². The van der Waals surface area contributed by atoms with Gasteiger partial charge in [0, 0.05) is 32.1 Å². The number of rotatable bonds is 7. The molecule has 0 aliphatic carbocycles. The van der Waals surface area contributed by atoms with Gasteiger partial charge in [-0.15, -0.1) is 0 Å². The van der Waals surface area contributed by atoms with Crippen LogP contribution in [0.5, 0.6) is 11.5 Å². The van der Waals surface area contributed by atoms with Gasteiger partial charge in [-0.25, -0.2) is 0 Å². The third kappa shape index (κ3) is 5.17. The molecule has 29 heavy (non-hydrogen) atoms. The van der Waals surface area contributed by atoms with Crippen molar-refractivity contribution >= 4 is 0 Å². The summed E-state index contributed by atoms with van der Waals surface area (Å²) in [6, 6.07) is 25.8. The van der Waals surface area contributed by atoms with Crippen molar-refractivity contribution in [2.75, 3.05) is 13.2 Å². The van der Waals surface area contributed by atoms with Crippen molar-refractivity contribution in [1.29, 1.82) is 0 Å². The predicted molar refractivity (Wildman–Crippen MR) is 112 cm³/mol. The number of hydrogen-bond acceptors (Lipinski definition) is 4. The quantitative estimate of drug-likeness (QED) is 0.627. The van der Waals surface area contributed by atoms with E-state index in [9.17, 15) is 5.11 Å². The topological polar surface area (TPSA) is 47.9 Å². The van der Waals surface area contributed by atoms with Gasteiger partial charge in [0.15, 0.2) is 0 Å². The molecule has 4 nitrogen and oxygen atoms in total. The Balaban J connectivity index is 1.56. The van der Waals surface area contributed by atoms with Gasteiger partial charge >= 0.3 is 0 Å². The van der Waals surface area contributed by atoms with Gasteiger partial charge in [0.1, 0.15) is 24.7 Å². The van der Waals surface area contributed by atoms with Gasteiger partial charge in [-0.2, -0.15) is 0 Å². The molecule has 150 valence electrons. The maximum absolute atomic E-state index is 11.2. The minimum absolute atomic E-state index is 0.462. The van der Waals surface area contributed by atoms with Crippen molar-refractivity contribution in [2.45, 2.75) is 31.7 Å². The first kappa shape index (κ1) is 19.5. The van der Waals surface area contributed by atoms with Crippen molar-refractivity contribution in [2.24, 2.45) is 0 Å². The number of benzene rings is 3. The van der Waals surface area contributed by atoms with Crippen LogP contribution < -0.4 is 9.47 Å². The van der Waals surface area contributed by atoms with Crippen LogP contribution >= 0.6 is 0 Å². The zero-order chi connectivity index (χ0) is 19.9. The van der Waals surface area contributed by atoms with Crippen LogP contribution in [0.4, 0.5) is 0 Å². The molecule has 0 spiro atoms. The second kappa shape index (κ2) is 9.12. The Bertz CT molecular complexity index is 841. The van der Waals surface area contributed by atoms with E-state index in [0.29, 0.717) is 50.8 Å². The van der Waals surface area contributed by atoms with E-state index in [0.717, 1.165) is 16.7 Å². The van der Waals surface area contributed by atoms with E-state index in [4.69, 9.17) is 14.2 Å². The number of hydrogen-bond donors (Lipinski definition) is 1. The Hall–Kier alpha value is -2.82. The molecule has 1 N–H and O–H groups in total. The molecule has 3 aromatic carbocycles. The van der Waals surface area contributed by atoms with Gasteiger partial charge in [0.2, 0.25) is 0 Å². The zero-order valence-electron chi connectivity index (χ0n) is 16.4. The minimum atomic E-state index is -0.921. The molecule has 1 aliphatic rings. The van der Waals surface area contributed by atoms with Crippen LogP contribution in [-0.4, -0.2) is 18.3 Å². The van der Waals surface area contributed by atoms with Crippen molar-refractivity contribution in [3.8, 4) is 11.5 Å². The van der Waals surface area contributed by atoms with E-state index < -0.39 is 5.60 Å². The first-order valence-corrected chi connectivity index (χ1v) is 10.0. The average molecular weight is 390 g/mol. The van der Waals surface area contributed by atoms with Crippen molar-refractivity contribution in [1.82, 2.24) is 0 Å². The van der Waals surface area contributed by atoms with Crippen LogP contribution in [0.15, 0.2) is 78.9 Å². The Morgan fingerprint density at radius 1 is 0.724 bits per heavy atom. The third-order valence-corrected chi connectivity index (χ3v) is 5.23. The maximum atomic E-state index is 11.2. The van der Waals surface area contributed by atoms with Gasteiger partial charge in [-0.1, -0.05) is 60.7 Å². The van der Waals surface area contributed by atoms with Crippen LogP contribution in [0.25, 0.3) is 0 Å². The van der Waals surface area contributed by atoms with Crippen LogP contribution in [-0.2, 0) is 23.6 Å². The molecule has 4 rings (SSSR count). The summed E-state index contributed by atoms with van der Waals surface area (Å²) >= 11 is 0. The minimum Gasteiger partial charge on any atom is -0.489 e. The molecule has 0 aromatic heterocycles. The fraction of sp³-hybridized carbons (Fsp3) is 0.280. The van der Waals surface area contributed by atoms with E-state index in [1.54, 1.807) is 0 Å². The lowest BCUT2D eigenvalue weighted by atomic mass is 9.86. The molecular weight excluding hydrogens is 364 g/mol. The summed E-state index contributed by atoms with van der Waals surface area (Å²) in [6.45, 7) is 2.02. The lowest BCUT2D eigenvalue weighted by molar-refractivity contribution is -0.0681. The summed E-state index contributed by atoms with van der Waals surface area (Å²) in [5.74, 6) is 1.38. The van der Waals surface area contributed by atoms with Crippen LogP contribution in [0.1, 0.15) is 29.5 Å². The van der Waals surface area contributed by atoms with Crippen molar-refractivity contribution in [3.63, 3.8) is 0 Å². The molecule has 1 fully saturated rings. The fourth-order valence-corrected chi connectivity index (χ4v) is 3.49. The van der Waals surface area contributed by atoms with E-state index in [-0.39, 0.29) is 0 Å². The Kier molecular flexibility index (Phi) is 6.13. The van der Waals surface area contributed by atoms with Gasteiger partial charge in [0.25, 0.3) is 0 Å². The first-order valence-electron chi connectivity index (χ1n) is 10.0. The average Bonchev–Trinajstić information content (AvgIpc) is 2.78. The normalized spacial score (nSPS) is 15.6. The van der Waals surface area contributed by atoms with Crippen molar-refractivity contribution < 1.29 is 19.3 Å². The largest absolute Gasteiger partial charge is 0.489 e. The fourth-order valence-electron chi connectivity index (χ4n) is 3.49. The first-order chi connectivity index (χ1) is 14.2. The third-order valence-electron chi connectivity index (χ3n) is 5.23. The van der Waals surface area contributed by atoms with Gasteiger partial charge in [-0.3, -0.25) is 0 Å². The van der Waals surface area contributed by atoms with Crippen LogP contribution in [0.2, 0.25) is 0 Å². The highest BCUT2D eigenvalue weighted by Gasteiger charge is 2.32. The number of ether oxygens (including phenoxy) is 3. The predicted octanol–water partition coefficient (Wildman–Crippen LogP) is 4.84. The Morgan fingerprint density at radius 3 is 1.69 bits per heavy atom. The summed E-state index contributed by atoms with van der Waals surface area (Å²) in [4.78, 5) is 0.